The SMILES string of the molecule is C=CCNC(=O)C(C)Oc1cc(OC)ccc1CNC. The van der Waals surface area contributed by atoms with Gasteiger partial charge in [0.15, 0.2) is 6.10 Å². The summed E-state index contributed by atoms with van der Waals surface area (Å²) in [6.45, 7) is 6.34. The third-order valence-electron chi connectivity index (χ3n) is 2.74. The number of hydrogen-bond acceptors (Lipinski definition) is 4. The maximum Gasteiger partial charge on any atom is 0.261 e. The number of carbonyl (C=O) groups is 1. The number of methoxy groups -OCH3 is 1. The molecule has 0 spiro atoms. The van der Waals surface area contributed by atoms with Crippen LogP contribution in [0.1, 0.15) is 12.5 Å². The average Bonchev–Trinajstić information content (AvgIpc) is 2.46. The molecule has 0 aromatic heterocycles. The molecule has 0 bridgehead atoms. The lowest BCUT2D eigenvalue weighted by atomic mass is 10.2. The third kappa shape index (κ3) is 4.59. The Hall–Kier alpha value is -2.01. The highest BCUT2D eigenvalue weighted by Gasteiger charge is 2.16. The van der Waals surface area contributed by atoms with Crippen LogP contribution < -0.4 is 20.1 Å². The second kappa shape index (κ2) is 8.22. The summed E-state index contributed by atoms with van der Waals surface area (Å²) >= 11 is 0. The van der Waals surface area contributed by atoms with Crippen molar-refractivity contribution in [3.8, 4) is 11.5 Å². The molecule has 110 valence electrons. The lowest BCUT2D eigenvalue weighted by Gasteiger charge is -2.17. The van der Waals surface area contributed by atoms with Crippen molar-refractivity contribution in [2.45, 2.75) is 19.6 Å². The fourth-order valence-corrected chi connectivity index (χ4v) is 1.67. The molecule has 0 fully saturated rings. The molecule has 0 heterocycles. The summed E-state index contributed by atoms with van der Waals surface area (Å²) in [6.07, 6.45) is 1.04. The molecule has 2 N–H and O–H groups in total. The molecule has 1 unspecified atom stereocenters. The van der Waals surface area contributed by atoms with Crippen molar-refractivity contribution < 1.29 is 14.3 Å². The predicted octanol–water partition coefficient (Wildman–Crippen LogP) is 1.48. The monoisotopic (exact) mass is 278 g/mol. The van der Waals surface area contributed by atoms with Crippen LogP contribution >= 0.6 is 0 Å². The molecule has 20 heavy (non-hydrogen) atoms. The van der Waals surface area contributed by atoms with E-state index in [4.69, 9.17) is 9.47 Å². The van der Waals surface area contributed by atoms with Crippen LogP contribution in [0.2, 0.25) is 0 Å². The number of carbonyl (C=O) groups excluding carboxylic acids is 1. The van der Waals surface area contributed by atoms with Gasteiger partial charge in [0.1, 0.15) is 11.5 Å². The van der Waals surface area contributed by atoms with Gasteiger partial charge in [0.2, 0.25) is 0 Å². The van der Waals surface area contributed by atoms with Crippen LogP contribution in [0.5, 0.6) is 11.5 Å². The molecule has 0 aliphatic carbocycles. The first-order valence-corrected chi connectivity index (χ1v) is 6.49. The average molecular weight is 278 g/mol. The second-order valence-corrected chi connectivity index (χ2v) is 4.30. The highest BCUT2D eigenvalue weighted by molar-refractivity contribution is 5.80. The van der Waals surface area contributed by atoms with Crippen molar-refractivity contribution >= 4 is 5.91 Å². The zero-order valence-electron chi connectivity index (χ0n) is 12.2. The van der Waals surface area contributed by atoms with Crippen LogP contribution in [-0.2, 0) is 11.3 Å². The zero-order chi connectivity index (χ0) is 15.0. The van der Waals surface area contributed by atoms with Gasteiger partial charge in [0, 0.05) is 24.7 Å². The first-order valence-electron chi connectivity index (χ1n) is 6.49. The number of hydrogen-bond donors (Lipinski definition) is 2. The molecule has 1 amide bonds. The maximum absolute atomic E-state index is 11.8. The molecular weight excluding hydrogens is 256 g/mol. The Balaban J connectivity index is 2.82. The molecule has 0 saturated heterocycles. The van der Waals surface area contributed by atoms with Gasteiger partial charge in [-0.3, -0.25) is 4.79 Å². The number of amides is 1. The van der Waals surface area contributed by atoms with E-state index in [2.05, 4.69) is 17.2 Å². The lowest BCUT2D eigenvalue weighted by Crippen LogP contribution is -2.36. The number of ether oxygens (including phenoxy) is 2. The maximum atomic E-state index is 11.8. The van der Waals surface area contributed by atoms with E-state index in [0.717, 1.165) is 5.56 Å². The van der Waals surface area contributed by atoms with E-state index in [0.29, 0.717) is 24.6 Å². The van der Waals surface area contributed by atoms with Crippen molar-refractivity contribution in [2.75, 3.05) is 20.7 Å². The summed E-state index contributed by atoms with van der Waals surface area (Å²) in [5.41, 5.74) is 0.969. The smallest absolute Gasteiger partial charge is 0.261 e. The molecule has 1 aromatic rings. The summed E-state index contributed by atoms with van der Waals surface area (Å²) in [5, 5.41) is 5.77. The molecule has 5 heteroatoms. The summed E-state index contributed by atoms with van der Waals surface area (Å²) < 4.78 is 10.9. The van der Waals surface area contributed by atoms with Gasteiger partial charge in [-0.25, -0.2) is 0 Å². The Morgan fingerprint density at radius 1 is 1.50 bits per heavy atom. The second-order valence-electron chi connectivity index (χ2n) is 4.30. The van der Waals surface area contributed by atoms with Crippen LogP contribution in [0, 0.1) is 0 Å². The van der Waals surface area contributed by atoms with Crippen LogP contribution in [0.4, 0.5) is 0 Å². The van der Waals surface area contributed by atoms with E-state index in [9.17, 15) is 4.79 Å². The Labute approximate surface area is 120 Å². The molecule has 0 aliphatic rings. The Morgan fingerprint density at radius 3 is 2.85 bits per heavy atom. The van der Waals surface area contributed by atoms with Gasteiger partial charge >= 0.3 is 0 Å². The lowest BCUT2D eigenvalue weighted by molar-refractivity contribution is -0.127. The Bertz CT molecular complexity index is 460. The molecule has 0 saturated carbocycles. The van der Waals surface area contributed by atoms with Gasteiger partial charge in [-0.2, -0.15) is 0 Å². The predicted molar refractivity (Wildman–Crippen MR) is 79.1 cm³/mol. The first-order chi connectivity index (χ1) is 9.62. The van der Waals surface area contributed by atoms with E-state index in [1.165, 1.54) is 0 Å². The highest BCUT2D eigenvalue weighted by atomic mass is 16.5. The summed E-state index contributed by atoms with van der Waals surface area (Å²) in [7, 11) is 3.45. The summed E-state index contributed by atoms with van der Waals surface area (Å²) in [6, 6.07) is 5.56. The van der Waals surface area contributed by atoms with E-state index in [-0.39, 0.29) is 5.91 Å². The minimum atomic E-state index is -0.585. The van der Waals surface area contributed by atoms with E-state index in [1.54, 1.807) is 26.2 Å². The fraction of sp³-hybridized carbons (Fsp3) is 0.400. The fourth-order valence-electron chi connectivity index (χ4n) is 1.67. The van der Waals surface area contributed by atoms with Crippen LogP contribution in [0.25, 0.3) is 0 Å². The van der Waals surface area contributed by atoms with Crippen molar-refractivity contribution in [1.29, 1.82) is 0 Å². The molecule has 1 atom stereocenters. The molecule has 1 aromatic carbocycles. The van der Waals surface area contributed by atoms with Gasteiger partial charge < -0.3 is 20.1 Å². The van der Waals surface area contributed by atoms with Crippen LogP contribution in [-0.4, -0.2) is 32.7 Å². The first kappa shape index (κ1) is 16.0. The van der Waals surface area contributed by atoms with Gasteiger partial charge in [-0.15, -0.1) is 6.58 Å². The van der Waals surface area contributed by atoms with Crippen LogP contribution in [0.3, 0.4) is 0 Å². The number of benzene rings is 1. The van der Waals surface area contributed by atoms with E-state index in [1.807, 2.05) is 19.2 Å². The quantitative estimate of drug-likeness (QED) is 0.707. The Kier molecular flexibility index (Phi) is 6.59. The Morgan fingerprint density at radius 2 is 2.25 bits per heavy atom. The molecule has 0 radical (unpaired) electrons. The van der Waals surface area contributed by atoms with Crippen molar-refractivity contribution in [3.63, 3.8) is 0 Å². The largest absolute Gasteiger partial charge is 0.497 e. The van der Waals surface area contributed by atoms with Gasteiger partial charge in [-0.05, 0) is 20.0 Å². The molecular formula is C15H22N2O3. The van der Waals surface area contributed by atoms with E-state index >= 15 is 0 Å². The van der Waals surface area contributed by atoms with Crippen LogP contribution in [0.15, 0.2) is 30.9 Å². The minimum absolute atomic E-state index is 0.178. The normalized spacial score (nSPS) is 11.6. The third-order valence-corrected chi connectivity index (χ3v) is 2.74. The van der Waals surface area contributed by atoms with Crippen molar-refractivity contribution in [3.05, 3.63) is 36.4 Å². The molecule has 1 rings (SSSR count). The zero-order valence-corrected chi connectivity index (χ0v) is 12.2. The van der Waals surface area contributed by atoms with Crippen molar-refractivity contribution in [1.82, 2.24) is 10.6 Å². The number of rotatable bonds is 8. The molecule has 5 nitrogen and oxygen atoms in total. The van der Waals surface area contributed by atoms with Gasteiger partial charge in [0.05, 0.1) is 7.11 Å². The standard InChI is InChI=1S/C15H22N2O3/c1-5-8-17-15(18)11(2)20-14-9-13(19-4)7-6-12(14)10-16-3/h5-7,9,11,16H,1,8,10H2,2-4H3,(H,17,18). The van der Waals surface area contributed by atoms with E-state index < -0.39 is 6.10 Å². The van der Waals surface area contributed by atoms with Gasteiger partial charge in [-0.1, -0.05) is 12.1 Å². The number of nitrogens with one attached hydrogen (secondary N) is 2. The van der Waals surface area contributed by atoms with Gasteiger partial charge in [0.25, 0.3) is 5.91 Å². The minimum Gasteiger partial charge on any atom is -0.497 e. The van der Waals surface area contributed by atoms with Crippen molar-refractivity contribution in [2.24, 2.45) is 0 Å². The highest BCUT2D eigenvalue weighted by Crippen LogP contribution is 2.25. The topological polar surface area (TPSA) is 59.6 Å². The molecule has 0 aliphatic heterocycles. The summed E-state index contributed by atoms with van der Waals surface area (Å²) in [5.74, 6) is 1.15. The summed E-state index contributed by atoms with van der Waals surface area (Å²) in [4.78, 5) is 11.8.